The van der Waals surface area contributed by atoms with E-state index >= 15 is 0 Å². The number of nitrogens with zero attached hydrogens (tertiary/aromatic N) is 2. The van der Waals surface area contributed by atoms with Gasteiger partial charge in [0.25, 0.3) is 0 Å². The third-order valence-corrected chi connectivity index (χ3v) is 4.91. The highest BCUT2D eigenvalue weighted by Gasteiger charge is 2.28. The van der Waals surface area contributed by atoms with Gasteiger partial charge in [-0.1, -0.05) is 18.5 Å². The highest BCUT2D eigenvalue weighted by molar-refractivity contribution is 6.33. The van der Waals surface area contributed by atoms with Crippen molar-refractivity contribution in [1.82, 2.24) is 4.90 Å². The Morgan fingerprint density at radius 2 is 2.08 bits per heavy atom. The standard InChI is InChI=1S/C17H24ClN3O2.ClH/c1-2-20-9-10-23-12-16(20)17(22)19-13-5-6-15(14(18)11-13)21-7-3-4-8-21;/h5-6,11,16H,2-4,7-10,12H2,1H3,(H,19,22);1H. The van der Waals surface area contributed by atoms with Crippen LogP contribution in [0.15, 0.2) is 18.2 Å². The molecule has 24 heavy (non-hydrogen) atoms. The minimum atomic E-state index is -0.231. The van der Waals surface area contributed by atoms with Crippen molar-refractivity contribution in [2.24, 2.45) is 0 Å². The summed E-state index contributed by atoms with van der Waals surface area (Å²) in [6.07, 6.45) is 2.42. The molecule has 1 aromatic carbocycles. The summed E-state index contributed by atoms with van der Waals surface area (Å²) in [6, 6.07) is 5.54. The van der Waals surface area contributed by atoms with E-state index < -0.39 is 0 Å². The molecule has 0 aromatic heterocycles. The minimum absolute atomic E-state index is 0. The summed E-state index contributed by atoms with van der Waals surface area (Å²) in [5.41, 5.74) is 1.79. The molecule has 1 atom stereocenters. The molecule has 0 saturated carbocycles. The smallest absolute Gasteiger partial charge is 0.244 e. The van der Waals surface area contributed by atoms with Gasteiger partial charge in [0, 0.05) is 25.3 Å². The van der Waals surface area contributed by atoms with Crippen LogP contribution in [0.4, 0.5) is 11.4 Å². The van der Waals surface area contributed by atoms with Gasteiger partial charge in [-0.25, -0.2) is 0 Å². The van der Waals surface area contributed by atoms with E-state index in [-0.39, 0.29) is 24.4 Å². The zero-order valence-corrected chi connectivity index (χ0v) is 15.5. The number of likely N-dealkylation sites (N-methyl/N-ethyl adjacent to an activating group) is 1. The van der Waals surface area contributed by atoms with Crippen LogP contribution < -0.4 is 10.2 Å². The molecule has 5 nitrogen and oxygen atoms in total. The van der Waals surface area contributed by atoms with E-state index in [0.717, 1.165) is 37.6 Å². The number of hydrogen-bond donors (Lipinski definition) is 1. The zero-order chi connectivity index (χ0) is 16.2. The summed E-state index contributed by atoms with van der Waals surface area (Å²) in [7, 11) is 0. The first kappa shape index (κ1) is 19.3. The Labute approximate surface area is 154 Å². The van der Waals surface area contributed by atoms with E-state index in [4.69, 9.17) is 16.3 Å². The summed E-state index contributed by atoms with van der Waals surface area (Å²) in [5, 5.41) is 3.66. The molecular formula is C17H25Cl2N3O2. The number of halogens is 2. The molecule has 2 heterocycles. The van der Waals surface area contributed by atoms with Crippen LogP contribution in [0.5, 0.6) is 0 Å². The van der Waals surface area contributed by atoms with E-state index in [2.05, 4.69) is 22.0 Å². The first-order chi connectivity index (χ1) is 11.2. The van der Waals surface area contributed by atoms with Crippen molar-refractivity contribution in [1.29, 1.82) is 0 Å². The Morgan fingerprint density at radius 1 is 1.33 bits per heavy atom. The van der Waals surface area contributed by atoms with Crippen LogP contribution >= 0.6 is 24.0 Å². The second kappa shape index (κ2) is 8.90. The topological polar surface area (TPSA) is 44.8 Å². The van der Waals surface area contributed by atoms with Crippen LogP contribution in [0.1, 0.15) is 19.8 Å². The number of benzene rings is 1. The van der Waals surface area contributed by atoms with Crippen LogP contribution in [0.25, 0.3) is 0 Å². The molecule has 134 valence electrons. The lowest BCUT2D eigenvalue weighted by atomic mass is 10.2. The third-order valence-electron chi connectivity index (χ3n) is 4.61. The molecule has 7 heteroatoms. The van der Waals surface area contributed by atoms with Crippen molar-refractivity contribution in [3.8, 4) is 0 Å². The first-order valence-electron chi connectivity index (χ1n) is 8.36. The summed E-state index contributed by atoms with van der Waals surface area (Å²) < 4.78 is 5.45. The maximum Gasteiger partial charge on any atom is 0.244 e. The molecule has 2 saturated heterocycles. The maximum absolute atomic E-state index is 12.5. The van der Waals surface area contributed by atoms with Gasteiger partial charge >= 0.3 is 0 Å². The van der Waals surface area contributed by atoms with Crippen molar-refractivity contribution >= 4 is 41.3 Å². The van der Waals surface area contributed by atoms with Crippen molar-refractivity contribution in [3.63, 3.8) is 0 Å². The fourth-order valence-corrected chi connectivity index (χ4v) is 3.58. The molecule has 2 aliphatic heterocycles. The van der Waals surface area contributed by atoms with Crippen molar-refractivity contribution in [2.75, 3.05) is 49.6 Å². The Kier molecular flexibility index (Phi) is 7.16. The molecule has 2 aliphatic rings. The van der Waals surface area contributed by atoms with Crippen LogP contribution in [-0.2, 0) is 9.53 Å². The molecule has 2 fully saturated rings. The van der Waals surface area contributed by atoms with Gasteiger partial charge in [0.1, 0.15) is 6.04 Å². The Hall–Kier alpha value is -1.01. The van der Waals surface area contributed by atoms with Gasteiger partial charge in [-0.2, -0.15) is 0 Å². The summed E-state index contributed by atoms with van der Waals surface area (Å²) >= 11 is 6.41. The fourth-order valence-electron chi connectivity index (χ4n) is 3.28. The molecule has 1 N–H and O–H groups in total. The molecule has 0 aliphatic carbocycles. The largest absolute Gasteiger partial charge is 0.378 e. The number of amides is 1. The van der Waals surface area contributed by atoms with Gasteiger partial charge in [0.15, 0.2) is 0 Å². The molecule has 0 radical (unpaired) electrons. The van der Waals surface area contributed by atoms with Gasteiger partial charge in [-0.05, 0) is 37.6 Å². The Bertz CT molecular complexity index is 565. The number of carbonyl (C=O) groups is 1. The zero-order valence-electron chi connectivity index (χ0n) is 14.0. The van der Waals surface area contributed by atoms with Gasteiger partial charge in [-0.3, -0.25) is 9.69 Å². The average Bonchev–Trinajstić information content (AvgIpc) is 3.09. The second-order valence-electron chi connectivity index (χ2n) is 6.07. The molecule has 1 unspecified atom stereocenters. The van der Waals surface area contributed by atoms with Crippen LogP contribution in [-0.4, -0.2) is 56.2 Å². The number of anilines is 2. The Morgan fingerprint density at radius 3 is 2.75 bits per heavy atom. The molecule has 0 bridgehead atoms. The van der Waals surface area contributed by atoms with Crippen LogP contribution in [0.3, 0.4) is 0 Å². The number of hydrogen-bond acceptors (Lipinski definition) is 4. The van der Waals surface area contributed by atoms with Crippen LogP contribution in [0, 0.1) is 0 Å². The number of nitrogens with one attached hydrogen (secondary N) is 1. The van der Waals surface area contributed by atoms with E-state index in [1.165, 1.54) is 12.8 Å². The lowest BCUT2D eigenvalue weighted by Gasteiger charge is -2.33. The van der Waals surface area contributed by atoms with Crippen molar-refractivity contribution < 1.29 is 9.53 Å². The van der Waals surface area contributed by atoms with E-state index in [9.17, 15) is 4.79 Å². The molecule has 1 aromatic rings. The lowest BCUT2D eigenvalue weighted by molar-refractivity contribution is -0.127. The quantitative estimate of drug-likeness (QED) is 0.880. The molecule has 0 spiro atoms. The highest BCUT2D eigenvalue weighted by Crippen LogP contribution is 2.31. The normalized spacial score (nSPS) is 21.4. The molecular weight excluding hydrogens is 349 g/mol. The highest BCUT2D eigenvalue weighted by atomic mass is 35.5. The number of ether oxygens (including phenoxy) is 1. The second-order valence-corrected chi connectivity index (χ2v) is 6.48. The first-order valence-corrected chi connectivity index (χ1v) is 8.74. The van der Waals surface area contributed by atoms with Gasteiger partial charge in [-0.15, -0.1) is 12.4 Å². The summed E-state index contributed by atoms with van der Waals surface area (Å²) in [4.78, 5) is 16.9. The van der Waals surface area contributed by atoms with Crippen LogP contribution in [0.2, 0.25) is 5.02 Å². The predicted molar refractivity (Wildman–Crippen MR) is 101 cm³/mol. The SMILES string of the molecule is CCN1CCOCC1C(=O)Nc1ccc(N2CCCC2)c(Cl)c1.Cl. The number of carbonyl (C=O) groups excluding carboxylic acids is 1. The number of morpholine rings is 1. The molecule has 1 amide bonds. The maximum atomic E-state index is 12.5. The third kappa shape index (κ3) is 4.33. The van der Waals surface area contributed by atoms with Gasteiger partial charge in [0.2, 0.25) is 5.91 Å². The van der Waals surface area contributed by atoms with Crippen molar-refractivity contribution in [2.45, 2.75) is 25.8 Å². The Balaban J connectivity index is 0.00000208. The average molecular weight is 374 g/mol. The van der Waals surface area contributed by atoms with Gasteiger partial charge in [0.05, 0.1) is 23.9 Å². The fraction of sp³-hybridized carbons (Fsp3) is 0.588. The summed E-state index contributed by atoms with van der Waals surface area (Å²) in [5.74, 6) is -0.0310. The molecule has 3 rings (SSSR count). The summed E-state index contributed by atoms with van der Waals surface area (Å²) in [6.45, 7) is 6.94. The predicted octanol–water partition coefficient (Wildman–Crippen LogP) is 3.02. The van der Waals surface area contributed by atoms with E-state index in [1.54, 1.807) is 0 Å². The minimum Gasteiger partial charge on any atom is -0.378 e. The van der Waals surface area contributed by atoms with Gasteiger partial charge < -0.3 is 15.0 Å². The number of rotatable bonds is 4. The van der Waals surface area contributed by atoms with E-state index in [1.807, 2.05) is 18.2 Å². The lowest BCUT2D eigenvalue weighted by Crippen LogP contribution is -2.51. The van der Waals surface area contributed by atoms with E-state index in [0.29, 0.717) is 18.2 Å². The monoisotopic (exact) mass is 373 g/mol. The van der Waals surface area contributed by atoms with Crippen molar-refractivity contribution in [3.05, 3.63) is 23.2 Å².